The highest BCUT2D eigenvalue weighted by Crippen LogP contribution is 2.19. The Morgan fingerprint density at radius 3 is 2.71 bits per heavy atom. The van der Waals surface area contributed by atoms with E-state index in [1.54, 1.807) is 0 Å². The molecule has 7 heteroatoms. The summed E-state index contributed by atoms with van der Waals surface area (Å²) in [5.41, 5.74) is 0.0208. The number of nitrogens with zero attached hydrogens (tertiary/aromatic N) is 2. The smallest absolute Gasteiger partial charge is 0.288 e. The quantitative estimate of drug-likeness (QED) is 0.567. The summed E-state index contributed by atoms with van der Waals surface area (Å²) in [7, 11) is 0. The molecule has 0 saturated heterocycles. The van der Waals surface area contributed by atoms with Crippen molar-refractivity contribution >= 4 is 17.4 Å². The van der Waals surface area contributed by atoms with Crippen LogP contribution in [0.15, 0.2) is 12.3 Å². The fourth-order valence-corrected chi connectivity index (χ4v) is 1.68. The van der Waals surface area contributed by atoms with Gasteiger partial charge in [-0.15, -0.1) is 0 Å². The molecular formula is C14H22N4O3. The molecule has 0 spiro atoms. The summed E-state index contributed by atoms with van der Waals surface area (Å²) in [5.74, 6) is 0.515. The highest BCUT2D eigenvalue weighted by Gasteiger charge is 2.17. The van der Waals surface area contributed by atoms with Crippen LogP contribution in [0.5, 0.6) is 0 Å². The van der Waals surface area contributed by atoms with Crippen molar-refractivity contribution in [2.45, 2.75) is 33.6 Å². The average Bonchev–Trinajstić information content (AvgIpc) is 2.44. The largest absolute Gasteiger partial charge is 0.369 e. The minimum Gasteiger partial charge on any atom is -0.369 e. The topological polar surface area (TPSA) is 97.2 Å². The molecule has 0 atom stereocenters. The third-order valence-electron chi connectivity index (χ3n) is 2.88. The van der Waals surface area contributed by atoms with Crippen LogP contribution in [0.2, 0.25) is 0 Å². The second-order valence-electron chi connectivity index (χ2n) is 5.21. The maximum Gasteiger partial charge on any atom is 0.288 e. The molecule has 116 valence electrons. The Labute approximate surface area is 124 Å². The SMILES string of the molecule is CCCNc1ncc([N+](=O)[O-])cc1C(=O)NCCC(C)C. The van der Waals surface area contributed by atoms with E-state index in [-0.39, 0.29) is 17.2 Å². The Hall–Kier alpha value is -2.18. The number of rotatable bonds is 8. The first-order valence-corrected chi connectivity index (χ1v) is 7.12. The summed E-state index contributed by atoms with van der Waals surface area (Å²) in [6.07, 6.45) is 2.88. The second-order valence-corrected chi connectivity index (χ2v) is 5.21. The molecule has 0 fully saturated rings. The standard InChI is InChI=1S/C14H22N4O3/c1-4-6-15-13-12(8-11(9-17-13)18(20)21)14(19)16-7-5-10(2)3/h8-10H,4-7H2,1-3H3,(H,15,17)(H,16,19). The van der Waals surface area contributed by atoms with E-state index in [2.05, 4.69) is 29.5 Å². The van der Waals surface area contributed by atoms with Gasteiger partial charge in [-0.05, 0) is 18.8 Å². The molecule has 0 aromatic carbocycles. The lowest BCUT2D eigenvalue weighted by molar-refractivity contribution is -0.385. The van der Waals surface area contributed by atoms with Crippen molar-refractivity contribution in [1.82, 2.24) is 10.3 Å². The van der Waals surface area contributed by atoms with Crippen molar-refractivity contribution in [2.75, 3.05) is 18.4 Å². The van der Waals surface area contributed by atoms with Gasteiger partial charge in [-0.2, -0.15) is 0 Å². The molecule has 1 rings (SSSR count). The predicted molar refractivity (Wildman–Crippen MR) is 81.5 cm³/mol. The van der Waals surface area contributed by atoms with Gasteiger partial charge < -0.3 is 10.6 Å². The minimum absolute atomic E-state index is 0.189. The Kier molecular flexibility index (Phi) is 6.58. The summed E-state index contributed by atoms with van der Waals surface area (Å²) < 4.78 is 0. The number of hydrogen-bond donors (Lipinski definition) is 2. The van der Waals surface area contributed by atoms with Gasteiger partial charge in [0.05, 0.1) is 10.5 Å². The van der Waals surface area contributed by atoms with Crippen LogP contribution in [0, 0.1) is 16.0 Å². The number of carbonyl (C=O) groups excluding carboxylic acids is 1. The van der Waals surface area contributed by atoms with Gasteiger partial charge in [0.15, 0.2) is 0 Å². The zero-order valence-corrected chi connectivity index (χ0v) is 12.7. The van der Waals surface area contributed by atoms with Gasteiger partial charge in [0.25, 0.3) is 11.6 Å². The first-order chi connectivity index (χ1) is 9.95. The average molecular weight is 294 g/mol. The summed E-state index contributed by atoms with van der Waals surface area (Å²) in [4.78, 5) is 26.4. The van der Waals surface area contributed by atoms with Crippen LogP contribution in [-0.4, -0.2) is 28.9 Å². The number of hydrogen-bond acceptors (Lipinski definition) is 5. The molecule has 0 saturated carbocycles. The van der Waals surface area contributed by atoms with Crippen LogP contribution in [0.25, 0.3) is 0 Å². The van der Waals surface area contributed by atoms with Crippen LogP contribution in [0.3, 0.4) is 0 Å². The van der Waals surface area contributed by atoms with Gasteiger partial charge in [-0.25, -0.2) is 4.98 Å². The Balaban J connectivity index is 2.90. The van der Waals surface area contributed by atoms with Gasteiger partial charge in [-0.3, -0.25) is 14.9 Å². The molecule has 0 unspecified atom stereocenters. The van der Waals surface area contributed by atoms with E-state index in [0.717, 1.165) is 19.0 Å². The lowest BCUT2D eigenvalue weighted by Crippen LogP contribution is -2.26. The summed E-state index contributed by atoms with van der Waals surface area (Å²) in [5, 5.41) is 16.6. The van der Waals surface area contributed by atoms with Crippen molar-refractivity contribution in [1.29, 1.82) is 0 Å². The lowest BCUT2D eigenvalue weighted by Gasteiger charge is -2.11. The highest BCUT2D eigenvalue weighted by atomic mass is 16.6. The van der Waals surface area contributed by atoms with Crippen LogP contribution < -0.4 is 10.6 Å². The van der Waals surface area contributed by atoms with Crippen molar-refractivity contribution in [3.8, 4) is 0 Å². The summed E-state index contributed by atoms with van der Waals surface area (Å²) >= 11 is 0. The maximum absolute atomic E-state index is 12.2. The summed E-state index contributed by atoms with van der Waals surface area (Å²) in [6, 6.07) is 1.26. The van der Waals surface area contributed by atoms with E-state index in [0.29, 0.717) is 24.8 Å². The number of nitro groups is 1. The molecule has 1 amide bonds. The number of aromatic nitrogens is 1. The van der Waals surface area contributed by atoms with E-state index in [1.807, 2.05) is 6.92 Å². The van der Waals surface area contributed by atoms with Gasteiger partial charge >= 0.3 is 0 Å². The van der Waals surface area contributed by atoms with Crippen molar-refractivity contribution < 1.29 is 9.72 Å². The number of anilines is 1. The molecule has 0 aliphatic rings. The number of amides is 1. The molecule has 7 nitrogen and oxygen atoms in total. The Morgan fingerprint density at radius 2 is 2.14 bits per heavy atom. The number of pyridine rings is 1. The molecule has 1 aromatic rings. The van der Waals surface area contributed by atoms with Gasteiger partial charge in [-0.1, -0.05) is 20.8 Å². The molecule has 0 bridgehead atoms. The third kappa shape index (κ3) is 5.37. The van der Waals surface area contributed by atoms with Gasteiger partial charge in [0, 0.05) is 19.2 Å². The Bertz CT molecular complexity index is 503. The van der Waals surface area contributed by atoms with Gasteiger partial charge in [0.2, 0.25) is 0 Å². The summed E-state index contributed by atoms with van der Waals surface area (Å²) in [6.45, 7) is 7.30. The van der Waals surface area contributed by atoms with E-state index >= 15 is 0 Å². The molecular weight excluding hydrogens is 272 g/mol. The van der Waals surface area contributed by atoms with E-state index < -0.39 is 4.92 Å². The predicted octanol–water partition coefficient (Wildman–Crippen LogP) is 2.59. The van der Waals surface area contributed by atoms with Crippen molar-refractivity contribution in [3.05, 3.63) is 27.9 Å². The normalized spacial score (nSPS) is 10.5. The minimum atomic E-state index is -0.554. The first-order valence-electron chi connectivity index (χ1n) is 7.12. The monoisotopic (exact) mass is 294 g/mol. The van der Waals surface area contributed by atoms with Crippen molar-refractivity contribution in [2.24, 2.45) is 5.92 Å². The molecule has 2 N–H and O–H groups in total. The van der Waals surface area contributed by atoms with E-state index in [1.165, 1.54) is 6.07 Å². The number of carbonyl (C=O) groups is 1. The Morgan fingerprint density at radius 1 is 1.43 bits per heavy atom. The maximum atomic E-state index is 12.2. The van der Waals surface area contributed by atoms with Crippen molar-refractivity contribution in [3.63, 3.8) is 0 Å². The zero-order valence-electron chi connectivity index (χ0n) is 12.7. The molecule has 1 aromatic heterocycles. The first kappa shape index (κ1) is 16.9. The fraction of sp³-hybridized carbons (Fsp3) is 0.571. The third-order valence-corrected chi connectivity index (χ3v) is 2.88. The van der Waals surface area contributed by atoms with E-state index in [9.17, 15) is 14.9 Å². The van der Waals surface area contributed by atoms with E-state index in [4.69, 9.17) is 0 Å². The molecule has 0 aliphatic carbocycles. The lowest BCUT2D eigenvalue weighted by atomic mass is 10.1. The van der Waals surface area contributed by atoms with Gasteiger partial charge in [0.1, 0.15) is 12.0 Å². The molecule has 0 radical (unpaired) electrons. The van der Waals surface area contributed by atoms with Crippen LogP contribution in [0.1, 0.15) is 44.0 Å². The highest BCUT2D eigenvalue weighted by molar-refractivity contribution is 5.99. The molecule has 0 aliphatic heterocycles. The number of nitrogens with one attached hydrogen (secondary N) is 2. The molecule has 21 heavy (non-hydrogen) atoms. The van der Waals surface area contributed by atoms with Crippen LogP contribution in [0.4, 0.5) is 11.5 Å². The molecule has 1 heterocycles. The fourth-order valence-electron chi connectivity index (χ4n) is 1.68. The second kappa shape index (κ2) is 8.18. The zero-order chi connectivity index (χ0) is 15.8. The van der Waals surface area contributed by atoms with Crippen LogP contribution >= 0.6 is 0 Å². The van der Waals surface area contributed by atoms with Crippen LogP contribution in [-0.2, 0) is 0 Å².